The summed E-state index contributed by atoms with van der Waals surface area (Å²) in [5.41, 5.74) is -2.35. The average molecular weight is 477 g/mol. The van der Waals surface area contributed by atoms with Gasteiger partial charge in [0.1, 0.15) is 12.2 Å². The highest BCUT2D eigenvalue weighted by Gasteiger charge is 2.85. The van der Waals surface area contributed by atoms with E-state index in [4.69, 9.17) is 18.9 Å². The van der Waals surface area contributed by atoms with Crippen molar-refractivity contribution in [2.24, 2.45) is 17.3 Å². The fourth-order valence-corrected chi connectivity index (χ4v) is 6.36. The number of allylic oxidation sites excluding steroid dienone is 1. The third-order valence-corrected chi connectivity index (χ3v) is 8.31. The van der Waals surface area contributed by atoms with Gasteiger partial charge in [-0.05, 0) is 45.3 Å². The Hall–Kier alpha value is -2.19. The molecular weight excluding hydrogens is 440 g/mol. The van der Waals surface area contributed by atoms with E-state index >= 15 is 0 Å². The number of hydrogen-bond donors (Lipinski definition) is 1. The molecule has 0 aromatic rings. The maximum atomic E-state index is 12.7. The second kappa shape index (κ2) is 8.48. The molecule has 4 aliphatic rings. The molecule has 8 nitrogen and oxygen atoms in total. The van der Waals surface area contributed by atoms with Crippen molar-refractivity contribution in [2.45, 2.75) is 103 Å². The number of carbonyl (C=O) groups is 3. The monoisotopic (exact) mass is 476 g/mol. The van der Waals surface area contributed by atoms with E-state index in [-0.39, 0.29) is 11.9 Å². The Kier molecular flexibility index (Phi) is 6.22. The quantitative estimate of drug-likeness (QED) is 0.285. The summed E-state index contributed by atoms with van der Waals surface area (Å²) in [6.07, 6.45) is 4.74. The van der Waals surface area contributed by atoms with Crippen LogP contribution in [-0.2, 0) is 33.3 Å². The van der Waals surface area contributed by atoms with Gasteiger partial charge in [0.15, 0.2) is 17.3 Å². The molecule has 9 atom stereocenters. The lowest BCUT2D eigenvalue weighted by molar-refractivity contribution is -0.173. The summed E-state index contributed by atoms with van der Waals surface area (Å²) in [6.45, 7) is 10.7. The van der Waals surface area contributed by atoms with Gasteiger partial charge in [-0.25, -0.2) is 4.79 Å². The lowest BCUT2D eigenvalue weighted by Gasteiger charge is -2.51. The number of fused-ring (bicyclic) bond motifs is 1. The van der Waals surface area contributed by atoms with Gasteiger partial charge in [0.2, 0.25) is 0 Å². The van der Waals surface area contributed by atoms with Crippen LogP contribution in [0.4, 0.5) is 0 Å². The van der Waals surface area contributed by atoms with E-state index in [1.165, 1.54) is 6.92 Å². The molecule has 1 N–H and O–H groups in total. The van der Waals surface area contributed by atoms with Crippen LogP contribution in [0.15, 0.2) is 23.8 Å². The first kappa shape index (κ1) is 24.9. The highest BCUT2D eigenvalue weighted by molar-refractivity contribution is 5.88. The summed E-state index contributed by atoms with van der Waals surface area (Å²) in [5.74, 6) is -2.10. The summed E-state index contributed by atoms with van der Waals surface area (Å²) in [4.78, 5) is 37.1. The SMILES string of the molecule is CCCC(=O)O[C@H]1CC/C(C)=C\[C@@H]2OC(=O)[C@]3(C)O[C@]23[C@@H](O)[C@H]2[C@@H](C)[C@H](OC(C)=O)C=C[C@@]21C. The molecule has 2 aliphatic carbocycles. The van der Waals surface area contributed by atoms with Crippen molar-refractivity contribution in [3.8, 4) is 0 Å². The van der Waals surface area contributed by atoms with Gasteiger partial charge < -0.3 is 24.1 Å². The molecule has 0 bridgehead atoms. The van der Waals surface area contributed by atoms with Crippen LogP contribution in [0.1, 0.15) is 67.2 Å². The van der Waals surface area contributed by atoms with Crippen molar-refractivity contribution in [1.82, 2.24) is 0 Å². The molecule has 0 aromatic carbocycles. The van der Waals surface area contributed by atoms with Crippen molar-refractivity contribution in [1.29, 1.82) is 0 Å². The summed E-state index contributed by atoms with van der Waals surface area (Å²) in [5, 5.41) is 12.0. The van der Waals surface area contributed by atoms with Crippen LogP contribution in [0.2, 0.25) is 0 Å². The number of esters is 3. The fourth-order valence-electron chi connectivity index (χ4n) is 6.36. The van der Waals surface area contributed by atoms with Crippen LogP contribution < -0.4 is 0 Å². The molecule has 0 amide bonds. The van der Waals surface area contributed by atoms with E-state index < -0.39 is 58.9 Å². The van der Waals surface area contributed by atoms with Crippen LogP contribution in [0.3, 0.4) is 0 Å². The molecule has 1 spiro atoms. The van der Waals surface area contributed by atoms with E-state index in [0.29, 0.717) is 25.7 Å². The first-order valence-electron chi connectivity index (χ1n) is 12.2. The van der Waals surface area contributed by atoms with Crippen LogP contribution in [0, 0.1) is 17.3 Å². The maximum Gasteiger partial charge on any atom is 0.342 e. The molecule has 8 heteroatoms. The number of aliphatic hydroxyl groups excluding tert-OH is 1. The predicted molar refractivity (Wildman–Crippen MR) is 121 cm³/mol. The van der Waals surface area contributed by atoms with Crippen LogP contribution in [0.25, 0.3) is 0 Å². The Morgan fingerprint density at radius 1 is 1.26 bits per heavy atom. The fraction of sp³-hybridized carbons (Fsp3) is 0.731. The third-order valence-electron chi connectivity index (χ3n) is 8.31. The van der Waals surface area contributed by atoms with Gasteiger partial charge in [-0.2, -0.15) is 0 Å². The average Bonchev–Trinajstić information content (AvgIpc) is 3.34. The zero-order valence-electron chi connectivity index (χ0n) is 20.8. The second-order valence-electron chi connectivity index (χ2n) is 10.7. The van der Waals surface area contributed by atoms with Crippen molar-refractivity contribution < 1.29 is 38.4 Å². The highest BCUT2D eigenvalue weighted by atomic mass is 16.7. The lowest BCUT2D eigenvalue weighted by atomic mass is 9.57. The maximum absolute atomic E-state index is 12.7. The van der Waals surface area contributed by atoms with Gasteiger partial charge in [0.05, 0.1) is 6.10 Å². The molecule has 0 unspecified atom stereocenters. The number of carbonyl (C=O) groups excluding carboxylic acids is 3. The van der Waals surface area contributed by atoms with Gasteiger partial charge in [0, 0.05) is 30.6 Å². The first-order chi connectivity index (χ1) is 15.9. The van der Waals surface area contributed by atoms with Crippen molar-refractivity contribution in [3.63, 3.8) is 0 Å². The lowest BCUT2D eigenvalue weighted by Crippen LogP contribution is -2.59. The van der Waals surface area contributed by atoms with E-state index in [2.05, 4.69) is 0 Å². The van der Waals surface area contributed by atoms with Gasteiger partial charge in [-0.15, -0.1) is 0 Å². The summed E-state index contributed by atoms with van der Waals surface area (Å²) < 4.78 is 23.3. The third kappa shape index (κ3) is 3.61. The normalized spacial score (nSPS) is 46.7. The zero-order chi connectivity index (χ0) is 25.1. The van der Waals surface area contributed by atoms with Crippen molar-refractivity contribution in [2.75, 3.05) is 0 Å². The molecule has 188 valence electrons. The molecule has 2 fully saturated rings. The number of hydrogen-bond acceptors (Lipinski definition) is 8. The van der Waals surface area contributed by atoms with Crippen LogP contribution >= 0.6 is 0 Å². The summed E-state index contributed by atoms with van der Waals surface area (Å²) in [7, 11) is 0. The predicted octanol–water partition coefficient (Wildman–Crippen LogP) is 3.01. The smallest absolute Gasteiger partial charge is 0.342 e. The number of ether oxygens (including phenoxy) is 4. The minimum atomic E-state index is -1.26. The zero-order valence-corrected chi connectivity index (χ0v) is 20.8. The standard InChI is InChI=1S/C26H36O8/c1-7-8-20(28)32-18-10-9-14(2)13-19-26(25(6,34-26)23(30)33-19)22(29)21-15(3)17(31-16(4)27)11-12-24(18,21)5/h11-13,15,17-19,21-22,29H,7-10H2,1-6H3/b14-13-/t15-,17+,18-,19-,21+,22-,24+,25-,26-/m0/s1. The molecule has 2 aliphatic heterocycles. The second-order valence-corrected chi connectivity index (χ2v) is 10.7. The molecule has 34 heavy (non-hydrogen) atoms. The van der Waals surface area contributed by atoms with Crippen molar-refractivity contribution >= 4 is 17.9 Å². The first-order valence-corrected chi connectivity index (χ1v) is 12.2. The molecule has 0 aromatic heterocycles. The molecular formula is C26H36O8. The van der Waals surface area contributed by atoms with E-state index in [0.717, 1.165) is 5.57 Å². The Balaban J connectivity index is 1.83. The summed E-state index contributed by atoms with van der Waals surface area (Å²) in [6, 6.07) is 0. The van der Waals surface area contributed by atoms with Gasteiger partial charge in [-0.1, -0.05) is 32.4 Å². The van der Waals surface area contributed by atoms with E-state index in [1.807, 2.05) is 45.9 Å². The molecule has 0 saturated carbocycles. The van der Waals surface area contributed by atoms with E-state index in [9.17, 15) is 19.5 Å². The van der Waals surface area contributed by atoms with Gasteiger partial charge >= 0.3 is 17.9 Å². The Morgan fingerprint density at radius 2 is 1.97 bits per heavy atom. The topological polar surface area (TPSA) is 112 Å². The Labute approximate surface area is 200 Å². The summed E-state index contributed by atoms with van der Waals surface area (Å²) >= 11 is 0. The van der Waals surface area contributed by atoms with Gasteiger partial charge in [-0.3, -0.25) is 9.59 Å². The molecule has 2 heterocycles. The van der Waals surface area contributed by atoms with Gasteiger partial charge in [0.25, 0.3) is 0 Å². The molecule has 4 rings (SSSR count). The number of rotatable bonds is 4. The minimum absolute atomic E-state index is 0.285. The van der Waals surface area contributed by atoms with Crippen molar-refractivity contribution in [3.05, 3.63) is 23.8 Å². The Bertz CT molecular complexity index is 939. The van der Waals surface area contributed by atoms with Crippen LogP contribution in [0.5, 0.6) is 0 Å². The number of aliphatic hydroxyl groups is 1. The Morgan fingerprint density at radius 3 is 2.59 bits per heavy atom. The minimum Gasteiger partial charge on any atom is -0.461 e. The largest absolute Gasteiger partial charge is 0.461 e. The number of epoxide rings is 1. The van der Waals surface area contributed by atoms with E-state index in [1.54, 1.807) is 6.92 Å². The molecule has 2 saturated heterocycles. The molecule has 0 radical (unpaired) electrons. The van der Waals surface area contributed by atoms with Crippen LogP contribution in [-0.4, -0.2) is 58.6 Å². The highest BCUT2D eigenvalue weighted by Crippen LogP contribution is 2.64.